The third kappa shape index (κ3) is 3.52. The molecule has 4 nitrogen and oxygen atoms in total. The minimum atomic E-state index is 0.659. The van der Waals surface area contributed by atoms with Crippen molar-refractivity contribution in [3.05, 3.63) is 33.1 Å². The van der Waals surface area contributed by atoms with Gasteiger partial charge in [0.1, 0.15) is 0 Å². The third-order valence-corrected chi connectivity index (χ3v) is 3.60. The number of aryl methyl sites for hydroxylation is 1. The van der Waals surface area contributed by atoms with Gasteiger partial charge in [0.15, 0.2) is 5.82 Å². The summed E-state index contributed by atoms with van der Waals surface area (Å²) in [7, 11) is 0. The Hall–Kier alpha value is -0.910. The summed E-state index contributed by atoms with van der Waals surface area (Å²) in [5.74, 6) is 1.34. The average Bonchev–Trinajstić information content (AvgIpc) is 2.87. The Morgan fingerprint density at radius 2 is 2.24 bits per heavy atom. The summed E-state index contributed by atoms with van der Waals surface area (Å²) in [6.07, 6.45) is 0. The highest BCUT2D eigenvalue weighted by atomic mass is 35.5. The van der Waals surface area contributed by atoms with Crippen LogP contribution >= 0.6 is 22.9 Å². The molecular weight excluding hydrogens is 258 g/mol. The molecule has 0 spiro atoms. The van der Waals surface area contributed by atoms with Crippen LogP contribution in [0.3, 0.4) is 0 Å². The number of hydrogen-bond donors (Lipinski definition) is 0. The first kappa shape index (κ1) is 12.5. The van der Waals surface area contributed by atoms with E-state index in [4.69, 9.17) is 16.1 Å². The van der Waals surface area contributed by atoms with Crippen LogP contribution in [0.5, 0.6) is 0 Å². The van der Waals surface area contributed by atoms with E-state index in [-0.39, 0.29) is 0 Å². The topological polar surface area (TPSA) is 42.2 Å². The van der Waals surface area contributed by atoms with E-state index in [1.165, 1.54) is 4.88 Å². The van der Waals surface area contributed by atoms with Gasteiger partial charge in [-0.25, -0.2) is 0 Å². The van der Waals surface area contributed by atoms with Crippen LogP contribution in [-0.4, -0.2) is 21.6 Å². The van der Waals surface area contributed by atoms with Gasteiger partial charge in [-0.2, -0.15) is 4.98 Å². The van der Waals surface area contributed by atoms with E-state index in [9.17, 15) is 0 Å². The Morgan fingerprint density at radius 3 is 2.76 bits per heavy atom. The summed E-state index contributed by atoms with van der Waals surface area (Å²) in [6.45, 7) is 6.39. The fourth-order valence-corrected chi connectivity index (χ4v) is 2.66. The van der Waals surface area contributed by atoms with Crippen molar-refractivity contribution >= 4 is 22.9 Å². The molecule has 2 aromatic rings. The Morgan fingerprint density at radius 1 is 1.41 bits per heavy atom. The normalized spacial score (nSPS) is 11.3. The van der Waals surface area contributed by atoms with Gasteiger partial charge in [0.05, 0.1) is 10.9 Å². The predicted molar refractivity (Wildman–Crippen MR) is 68.2 cm³/mol. The van der Waals surface area contributed by atoms with Crippen molar-refractivity contribution in [1.82, 2.24) is 15.0 Å². The van der Waals surface area contributed by atoms with Crippen LogP contribution in [0.4, 0.5) is 0 Å². The van der Waals surface area contributed by atoms with Gasteiger partial charge in [-0.15, -0.1) is 11.3 Å². The molecule has 6 heteroatoms. The standard InChI is InChI=1S/C11H14ClN3OS/c1-3-15(6-9-4-5-10(12)17-9)7-11-13-8(2)14-16-11/h4-5H,3,6-7H2,1-2H3. The van der Waals surface area contributed by atoms with Gasteiger partial charge in [0, 0.05) is 11.4 Å². The molecule has 0 radical (unpaired) electrons. The van der Waals surface area contributed by atoms with Crippen molar-refractivity contribution in [3.8, 4) is 0 Å². The second-order valence-electron chi connectivity index (χ2n) is 3.74. The van der Waals surface area contributed by atoms with Gasteiger partial charge in [-0.1, -0.05) is 23.7 Å². The van der Waals surface area contributed by atoms with Gasteiger partial charge < -0.3 is 4.52 Å². The number of hydrogen-bond acceptors (Lipinski definition) is 5. The minimum Gasteiger partial charge on any atom is -0.338 e. The zero-order valence-electron chi connectivity index (χ0n) is 9.81. The predicted octanol–water partition coefficient (Wildman–Crippen LogP) is 3.12. The first-order chi connectivity index (χ1) is 8.17. The molecule has 92 valence electrons. The molecule has 0 saturated carbocycles. The van der Waals surface area contributed by atoms with Gasteiger partial charge in [-0.05, 0) is 25.6 Å². The Labute approximate surface area is 109 Å². The molecule has 0 N–H and O–H groups in total. The maximum absolute atomic E-state index is 5.91. The number of nitrogens with zero attached hydrogens (tertiary/aromatic N) is 3. The molecule has 0 aliphatic heterocycles. The van der Waals surface area contributed by atoms with Crippen LogP contribution in [0.15, 0.2) is 16.7 Å². The fourth-order valence-electron chi connectivity index (χ4n) is 1.53. The average molecular weight is 272 g/mol. The molecule has 0 amide bonds. The summed E-state index contributed by atoms with van der Waals surface area (Å²) in [4.78, 5) is 7.68. The Kier molecular flexibility index (Phi) is 4.15. The maximum atomic E-state index is 5.91. The molecule has 2 heterocycles. The van der Waals surface area contributed by atoms with Crippen LogP contribution < -0.4 is 0 Å². The minimum absolute atomic E-state index is 0.659. The molecule has 2 rings (SSSR count). The number of thiophene rings is 1. The van der Waals surface area contributed by atoms with Crippen LogP contribution in [0.2, 0.25) is 4.34 Å². The van der Waals surface area contributed by atoms with Gasteiger partial charge in [-0.3, -0.25) is 4.90 Å². The third-order valence-electron chi connectivity index (χ3n) is 2.38. The van der Waals surface area contributed by atoms with Gasteiger partial charge in [0.25, 0.3) is 0 Å². The number of halogens is 1. The summed E-state index contributed by atoms with van der Waals surface area (Å²) < 4.78 is 5.94. The summed E-state index contributed by atoms with van der Waals surface area (Å²) in [5, 5.41) is 3.78. The molecule has 2 aromatic heterocycles. The van der Waals surface area contributed by atoms with Crippen molar-refractivity contribution in [2.45, 2.75) is 26.9 Å². The highest BCUT2D eigenvalue weighted by Crippen LogP contribution is 2.23. The van der Waals surface area contributed by atoms with Crippen molar-refractivity contribution in [3.63, 3.8) is 0 Å². The zero-order chi connectivity index (χ0) is 12.3. The lowest BCUT2D eigenvalue weighted by molar-refractivity contribution is 0.230. The molecule has 0 aliphatic rings. The van der Waals surface area contributed by atoms with E-state index in [2.05, 4.69) is 28.0 Å². The lowest BCUT2D eigenvalue weighted by atomic mass is 10.4. The summed E-state index contributed by atoms with van der Waals surface area (Å²) >= 11 is 7.51. The van der Waals surface area contributed by atoms with E-state index in [1.807, 2.05) is 13.0 Å². The molecule has 0 aromatic carbocycles. The van der Waals surface area contributed by atoms with Crippen LogP contribution in [0.1, 0.15) is 23.5 Å². The van der Waals surface area contributed by atoms with Crippen LogP contribution in [0.25, 0.3) is 0 Å². The molecule has 0 unspecified atom stereocenters. The quantitative estimate of drug-likeness (QED) is 0.838. The second kappa shape index (κ2) is 5.62. The van der Waals surface area contributed by atoms with Crippen molar-refractivity contribution in [2.24, 2.45) is 0 Å². The van der Waals surface area contributed by atoms with Crippen molar-refractivity contribution in [2.75, 3.05) is 6.54 Å². The first-order valence-electron chi connectivity index (χ1n) is 5.43. The van der Waals surface area contributed by atoms with Gasteiger partial charge >= 0.3 is 0 Å². The molecule has 0 fully saturated rings. The molecule has 0 bridgehead atoms. The van der Waals surface area contributed by atoms with Crippen molar-refractivity contribution < 1.29 is 4.52 Å². The van der Waals surface area contributed by atoms with E-state index < -0.39 is 0 Å². The lowest BCUT2D eigenvalue weighted by Crippen LogP contribution is -2.21. The van der Waals surface area contributed by atoms with E-state index >= 15 is 0 Å². The van der Waals surface area contributed by atoms with Crippen LogP contribution in [-0.2, 0) is 13.1 Å². The van der Waals surface area contributed by atoms with E-state index in [0.717, 1.165) is 17.4 Å². The number of rotatable bonds is 5. The summed E-state index contributed by atoms with van der Waals surface area (Å²) in [5.41, 5.74) is 0. The van der Waals surface area contributed by atoms with Crippen molar-refractivity contribution in [1.29, 1.82) is 0 Å². The summed E-state index contributed by atoms with van der Waals surface area (Å²) in [6, 6.07) is 3.97. The highest BCUT2D eigenvalue weighted by molar-refractivity contribution is 7.16. The molecule has 17 heavy (non-hydrogen) atoms. The Bertz CT molecular complexity index is 440. The molecule has 0 aliphatic carbocycles. The monoisotopic (exact) mass is 271 g/mol. The smallest absolute Gasteiger partial charge is 0.240 e. The number of aromatic nitrogens is 2. The first-order valence-corrected chi connectivity index (χ1v) is 6.62. The maximum Gasteiger partial charge on any atom is 0.240 e. The SMILES string of the molecule is CCN(Cc1nc(C)no1)Cc1ccc(Cl)s1. The lowest BCUT2D eigenvalue weighted by Gasteiger charge is -2.16. The van der Waals surface area contributed by atoms with E-state index in [1.54, 1.807) is 11.3 Å². The van der Waals surface area contributed by atoms with Crippen LogP contribution in [0, 0.1) is 6.92 Å². The fraction of sp³-hybridized carbons (Fsp3) is 0.455. The highest BCUT2D eigenvalue weighted by Gasteiger charge is 2.10. The Balaban J connectivity index is 1.97. The van der Waals surface area contributed by atoms with Gasteiger partial charge in [0.2, 0.25) is 5.89 Å². The largest absolute Gasteiger partial charge is 0.338 e. The zero-order valence-corrected chi connectivity index (χ0v) is 11.4. The molecule has 0 atom stereocenters. The molecular formula is C11H14ClN3OS. The van der Waals surface area contributed by atoms with E-state index in [0.29, 0.717) is 18.3 Å². The second-order valence-corrected chi connectivity index (χ2v) is 5.54. The molecule has 0 saturated heterocycles.